The highest BCUT2D eigenvalue weighted by atomic mass is 32.2. The normalized spacial score (nSPS) is 12.2. The van der Waals surface area contributed by atoms with Gasteiger partial charge in [-0.15, -0.1) is 0 Å². The van der Waals surface area contributed by atoms with Gasteiger partial charge in [-0.3, -0.25) is 0 Å². The summed E-state index contributed by atoms with van der Waals surface area (Å²) in [7, 11) is -4.19. The summed E-state index contributed by atoms with van der Waals surface area (Å²) in [5, 5.41) is 0.429. The Balaban J connectivity index is 2.23. The monoisotopic (exact) mass is 471 g/mol. The van der Waals surface area contributed by atoms with Crippen LogP contribution < -0.4 is 8.92 Å². The molecule has 0 amide bonds. The molecule has 0 fully saturated rings. The van der Waals surface area contributed by atoms with Crippen LogP contribution in [0.4, 0.5) is 0 Å². The first-order valence-electron chi connectivity index (χ1n) is 11.3. The van der Waals surface area contributed by atoms with Crippen LogP contribution in [0.15, 0.2) is 29.3 Å². The highest BCUT2D eigenvalue weighted by Crippen LogP contribution is 2.37. The van der Waals surface area contributed by atoms with Crippen LogP contribution in [-0.4, -0.2) is 30.0 Å². The van der Waals surface area contributed by atoms with Crippen LogP contribution in [0.3, 0.4) is 0 Å². The number of hydrogen-bond acceptors (Lipinski definition) is 7. The van der Waals surface area contributed by atoms with Gasteiger partial charge in [0, 0.05) is 6.07 Å². The molecule has 3 aromatic rings. The summed E-state index contributed by atoms with van der Waals surface area (Å²) < 4.78 is 38.8. The van der Waals surface area contributed by atoms with E-state index in [1.165, 1.54) is 6.20 Å². The zero-order valence-electron chi connectivity index (χ0n) is 20.6. The van der Waals surface area contributed by atoms with Crippen molar-refractivity contribution in [3.8, 4) is 11.8 Å². The number of aryl methyl sites for hydroxylation is 1. The Bertz CT molecular complexity index is 1240. The minimum Gasteiger partial charge on any atom is -0.478 e. The summed E-state index contributed by atoms with van der Waals surface area (Å²) in [5.74, 6) is 0.974. The molecule has 1 aromatic carbocycles. The summed E-state index contributed by atoms with van der Waals surface area (Å²) >= 11 is 0. The van der Waals surface area contributed by atoms with Crippen molar-refractivity contribution in [1.82, 2.24) is 15.0 Å². The van der Waals surface area contributed by atoms with Crippen molar-refractivity contribution in [1.29, 1.82) is 0 Å². The number of aromatic nitrogens is 3. The molecule has 0 atom stereocenters. The van der Waals surface area contributed by atoms with E-state index in [0.717, 1.165) is 16.7 Å². The molecule has 0 spiro atoms. The minimum absolute atomic E-state index is 0.00721. The number of rotatable bonds is 8. The van der Waals surface area contributed by atoms with Gasteiger partial charge in [0.2, 0.25) is 11.8 Å². The third kappa shape index (κ3) is 5.27. The lowest BCUT2D eigenvalue weighted by Gasteiger charge is -2.22. The van der Waals surface area contributed by atoms with Crippen molar-refractivity contribution in [3.63, 3.8) is 0 Å². The topological polar surface area (TPSA) is 91.3 Å². The molecule has 2 heterocycles. The van der Waals surface area contributed by atoms with Gasteiger partial charge in [-0.25, -0.2) is 9.97 Å². The van der Waals surface area contributed by atoms with Gasteiger partial charge in [-0.2, -0.15) is 13.4 Å². The Hall–Kier alpha value is -2.74. The highest BCUT2D eigenvalue weighted by Gasteiger charge is 2.30. The molecule has 0 saturated heterocycles. The molecule has 0 unspecified atom stereocenters. The zero-order valence-corrected chi connectivity index (χ0v) is 21.4. The van der Waals surface area contributed by atoms with Gasteiger partial charge in [-0.1, -0.05) is 53.7 Å². The van der Waals surface area contributed by atoms with E-state index in [1.807, 2.05) is 46.8 Å². The van der Waals surface area contributed by atoms with Gasteiger partial charge >= 0.3 is 10.1 Å². The van der Waals surface area contributed by atoms with Crippen LogP contribution in [0.25, 0.3) is 10.9 Å². The number of fused-ring (bicyclic) bond motifs is 1. The SMILES string of the molecule is CCOc1cc2c(OS(=O)(=O)c3c(C(C)C)cc(C(C)C)cc3C(C)C)nc(C)nc2cn1. The van der Waals surface area contributed by atoms with Crippen molar-refractivity contribution in [2.45, 2.75) is 78.0 Å². The summed E-state index contributed by atoms with van der Waals surface area (Å²) in [4.78, 5) is 13.1. The molecule has 178 valence electrons. The molecular formula is C25H33N3O4S. The van der Waals surface area contributed by atoms with E-state index in [1.54, 1.807) is 13.0 Å². The number of ether oxygens (including phenoxy) is 1. The molecule has 33 heavy (non-hydrogen) atoms. The first-order valence-corrected chi connectivity index (χ1v) is 12.7. The maximum atomic E-state index is 13.8. The number of nitrogens with zero attached hydrogens (tertiary/aromatic N) is 3. The fourth-order valence-electron chi connectivity index (χ4n) is 3.71. The second-order valence-corrected chi connectivity index (χ2v) is 10.6. The molecule has 0 aliphatic rings. The van der Waals surface area contributed by atoms with Crippen LogP contribution in [-0.2, 0) is 10.1 Å². The first-order chi connectivity index (χ1) is 15.4. The first kappa shape index (κ1) is 24.9. The lowest BCUT2D eigenvalue weighted by molar-refractivity contribution is 0.327. The smallest absolute Gasteiger partial charge is 0.341 e. The van der Waals surface area contributed by atoms with E-state index >= 15 is 0 Å². The average molecular weight is 472 g/mol. The van der Waals surface area contributed by atoms with Gasteiger partial charge in [-0.05, 0) is 48.3 Å². The average Bonchev–Trinajstić information content (AvgIpc) is 2.72. The Labute approximate surface area is 196 Å². The van der Waals surface area contributed by atoms with Crippen molar-refractivity contribution in [2.24, 2.45) is 0 Å². The van der Waals surface area contributed by atoms with Gasteiger partial charge in [0.05, 0.1) is 23.7 Å². The standard InChI is InChI=1S/C25H33N3O4S/c1-9-31-23-12-21-22(13-26-23)27-17(8)28-25(21)32-33(29,30)24-19(15(4)5)10-18(14(2)3)11-20(24)16(6)7/h10-16H,9H2,1-8H3. The van der Waals surface area contributed by atoms with E-state index in [2.05, 4.69) is 28.8 Å². The second-order valence-electron chi connectivity index (χ2n) is 9.08. The molecule has 0 aliphatic heterocycles. The summed E-state index contributed by atoms with van der Waals surface area (Å²) in [5.41, 5.74) is 3.09. The number of hydrogen-bond donors (Lipinski definition) is 0. The van der Waals surface area contributed by atoms with Crippen molar-refractivity contribution in [3.05, 3.63) is 46.9 Å². The number of benzene rings is 1. The van der Waals surface area contributed by atoms with Crippen molar-refractivity contribution in [2.75, 3.05) is 6.61 Å². The van der Waals surface area contributed by atoms with E-state index in [-0.39, 0.29) is 28.5 Å². The predicted octanol–water partition coefficient (Wildman–Crippen LogP) is 5.87. The maximum Gasteiger partial charge on any atom is 0.341 e. The molecule has 0 bridgehead atoms. The zero-order chi connectivity index (χ0) is 24.5. The Morgan fingerprint density at radius 1 is 0.909 bits per heavy atom. The predicted molar refractivity (Wildman–Crippen MR) is 130 cm³/mol. The van der Waals surface area contributed by atoms with Crippen LogP contribution in [0.2, 0.25) is 0 Å². The molecule has 7 nitrogen and oxygen atoms in total. The maximum absolute atomic E-state index is 13.8. The molecular weight excluding hydrogens is 438 g/mol. The van der Waals surface area contributed by atoms with Crippen LogP contribution >= 0.6 is 0 Å². The van der Waals surface area contributed by atoms with Crippen LogP contribution in [0.5, 0.6) is 11.8 Å². The quantitative estimate of drug-likeness (QED) is 0.379. The fourth-order valence-corrected chi connectivity index (χ4v) is 5.29. The van der Waals surface area contributed by atoms with Crippen LogP contribution in [0, 0.1) is 6.92 Å². The molecule has 2 aromatic heterocycles. The largest absolute Gasteiger partial charge is 0.478 e. The Kier molecular flexibility index (Phi) is 7.26. The molecule has 0 aliphatic carbocycles. The second kappa shape index (κ2) is 9.63. The van der Waals surface area contributed by atoms with E-state index < -0.39 is 10.1 Å². The summed E-state index contributed by atoms with van der Waals surface area (Å²) in [6.07, 6.45) is 1.53. The molecule has 8 heteroatoms. The van der Waals surface area contributed by atoms with Crippen LogP contribution in [0.1, 0.15) is 88.7 Å². The van der Waals surface area contributed by atoms with E-state index in [4.69, 9.17) is 8.92 Å². The number of pyridine rings is 1. The van der Waals surface area contributed by atoms with Gasteiger partial charge in [0.1, 0.15) is 10.7 Å². The van der Waals surface area contributed by atoms with Crippen molar-refractivity contribution >= 4 is 21.0 Å². The Morgan fingerprint density at radius 3 is 2.03 bits per heavy atom. The molecule has 0 N–H and O–H groups in total. The van der Waals surface area contributed by atoms with E-state index in [9.17, 15) is 8.42 Å². The fraction of sp³-hybridized carbons (Fsp3) is 0.480. The highest BCUT2D eigenvalue weighted by molar-refractivity contribution is 7.87. The molecule has 3 rings (SSSR count). The lowest BCUT2D eigenvalue weighted by atomic mass is 9.89. The third-order valence-corrected chi connectivity index (χ3v) is 6.79. The lowest BCUT2D eigenvalue weighted by Crippen LogP contribution is -2.18. The minimum atomic E-state index is -4.19. The summed E-state index contributed by atoms with van der Waals surface area (Å²) in [6, 6.07) is 5.58. The van der Waals surface area contributed by atoms with Crippen molar-refractivity contribution < 1.29 is 17.3 Å². The Morgan fingerprint density at radius 2 is 1.52 bits per heavy atom. The molecule has 0 saturated carbocycles. The van der Waals surface area contributed by atoms with Gasteiger partial charge in [0.25, 0.3) is 0 Å². The molecule has 0 radical (unpaired) electrons. The summed E-state index contributed by atoms with van der Waals surface area (Å²) in [6.45, 7) is 16.1. The third-order valence-electron chi connectivity index (χ3n) is 5.44. The van der Waals surface area contributed by atoms with Gasteiger partial charge < -0.3 is 8.92 Å². The van der Waals surface area contributed by atoms with E-state index in [0.29, 0.717) is 29.2 Å². The van der Waals surface area contributed by atoms with Gasteiger partial charge in [0.15, 0.2) is 0 Å².